The molecular formula is C13H27N3O. The molecule has 0 aromatic heterocycles. The highest BCUT2D eigenvalue weighted by Gasteiger charge is 2.22. The van der Waals surface area contributed by atoms with E-state index in [9.17, 15) is 4.79 Å². The van der Waals surface area contributed by atoms with Gasteiger partial charge in [-0.25, -0.2) is 4.79 Å². The summed E-state index contributed by atoms with van der Waals surface area (Å²) >= 11 is 0. The molecule has 4 nitrogen and oxygen atoms in total. The molecule has 1 rings (SSSR count). The van der Waals surface area contributed by atoms with Gasteiger partial charge in [-0.2, -0.15) is 0 Å². The van der Waals surface area contributed by atoms with Crippen LogP contribution in [-0.4, -0.2) is 56.1 Å². The average molecular weight is 241 g/mol. The molecule has 0 radical (unpaired) electrons. The topological polar surface area (TPSA) is 35.6 Å². The number of carbonyl (C=O) groups excluding carboxylic acids is 1. The standard InChI is InChI=1S/C13H27N3O/c1-13(2,11-15(3)4)10-14-12(17)16-8-6-5-7-9-16/h5-11H2,1-4H3,(H,14,17). The first-order valence-corrected chi connectivity index (χ1v) is 6.58. The summed E-state index contributed by atoms with van der Waals surface area (Å²) in [5.41, 5.74) is 0.120. The molecule has 1 fully saturated rings. The van der Waals surface area contributed by atoms with Crippen LogP contribution in [0.3, 0.4) is 0 Å². The van der Waals surface area contributed by atoms with Gasteiger partial charge < -0.3 is 15.1 Å². The highest BCUT2D eigenvalue weighted by Crippen LogP contribution is 2.15. The maximum absolute atomic E-state index is 11.9. The molecule has 0 saturated carbocycles. The lowest BCUT2D eigenvalue weighted by molar-refractivity contribution is 0.175. The van der Waals surface area contributed by atoms with Crippen molar-refractivity contribution in [1.29, 1.82) is 0 Å². The summed E-state index contributed by atoms with van der Waals surface area (Å²) in [6.45, 7) is 7.92. The minimum atomic E-state index is 0.108. The number of hydrogen-bond acceptors (Lipinski definition) is 2. The molecule has 1 N–H and O–H groups in total. The Morgan fingerprint density at radius 1 is 1.24 bits per heavy atom. The zero-order valence-electron chi connectivity index (χ0n) is 11.8. The molecule has 1 heterocycles. The minimum Gasteiger partial charge on any atom is -0.337 e. The van der Waals surface area contributed by atoms with E-state index in [-0.39, 0.29) is 11.4 Å². The van der Waals surface area contributed by atoms with Crippen LogP contribution < -0.4 is 5.32 Å². The molecule has 0 aliphatic carbocycles. The zero-order valence-corrected chi connectivity index (χ0v) is 11.8. The van der Waals surface area contributed by atoms with Crippen LogP contribution in [-0.2, 0) is 0 Å². The lowest BCUT2D eigenvalue weighted by atomic mass is 9.93. The van der Waals surface area contributed by atoms with Gasteiger partial charge in [-0.3, -0.25) is 0 Å². The van der Waals surface area contributed by atoms with E-state index in [4.69, 9.17) is 0 Å². The van der Waals surface area contributed by atoms with Crippen molar-refractivity contribution in [3.05, 3.63) is 0 Å². The number of nitrogens with zero attached hydrogens (tertiary/aromatic N) is 2. The third-order valence-electron chi connectivity index (χ3n) is 3.11. The van der Waals surface area contributed by atoms with E-state index in [1.54, 1.807) is 0 Å². The monoisotopic (exact) mass is 241 g/mol. The summed E-state index contributed by atoms with van der Waals surface area (Å²) < 4.78 is 0. The Morgan fingerprint density at radius 3 is 2.35 bits per heavy atom. The van der Waals surface area contributed by atoms with Crippen LogP contribution in [0.25, 0.3) is 0 Å². The Morgan fingerprint density at radius 2 is 1.82 bits per heavy atom. The van der Waals surface area contributed by atoms with Gasteiger partial charge in [0.05, 0.1) is 0 Å². The molecule has 1 aliphatic rings. The second-order valence-corrected chi connectivity index (χ2v) is 6.11. The van der Waals surface area contributed by atoms with Crippen LogP contribution in [0.15, 0.2) is 0 Å². The minimum absolute atomic E-state index is 0.108. The molecule has 0 aromatic rings. The van der Waals surface area contributed by atoms with Crippen LogP contribution in [0.1, 0.15) is 33.1 Å². The fraction of sp³-hybridized carbons (Fsp3) is 0.923. The summed E-state index contributed by atoms with van der Waals surface area (Å²) in [6.07, 6.45) is 3.55. The molecule has 4 heteroatoms. The number of piperidine rings is 1. The van der Waals surface area contributed by atoms with Crippen molar-refractivity contribution in [1.82, 2.24) is 15.1 Å². The highest BCUT2D eigenvalue weighted by molar-refractivity contribution is 5.74. The van der Waals surface area contributed by atoms with E-state index in [1.807, 2.05) is 4.90 Å². The van der Waals surface area contributed by atoms with Crippen molar-refractivity contribution in [3.8, 4) is 0 Å². The molecule has 0 unspecified atom stereocenters. The van der Waals surface area contributed by atoms with Gasteiger partial charge >= 0.3 is 6.03 Å². The quantitative estimate of drug-likeness (QED) is 0.814. The predicted molar refractivity (Wildman–Crippen MR) is 71.2 cm³/mol. The molecule has 17 heavy (non-hydrogen) atoms. The summed E-state index contributed by atoms with van der Waals surface area (Å²) in [7, 11) is 4.13. The van der Waals surface area contributed by atoms with Gasteiger partial charge in [0, 0.05) is 26.2 Å². The molecule has 1 saturated heterocycles. The van der Waals surface area contributed by atoms with E-state index in [0.29, 0.717) is 0 Å². The largest absolute Gasteiger partial charge is 0.337 e. The van der Waals surface area contributed by atoms with Gasteiger partial charge in [0.25, 0.3) is 0 Å². The number of hydrogen-bond donors (Lipinski definition) is 1. The number of carbonyl (C=O) groups is 1. The van der Waals surface area contributed by atoms with E-state index >= 15 is 0 Å². The third kappa shape index (κ3) is 5.39. The molecule has 100 valence electrons. The van der Waals surface area contributed by atoms with Gasteiger partial charge in [-0.05, 0) is 38.8 Å². The number of likely N-dealkylation sites (tertiary alicyclic amines) is 1. The number of rotatable bonds is 4. The normalized spacial score (nSPS) is 17.4. The molecular weight excluding hydrogens is 214 g/mol. The summed E-state index contributed by atoms with van der Waals surface area (Å²) in [6, 6.07) is 0.108. The van der Waals surface area contributed by atoms with Crippen molar-refractivity contribution in [2.75, 3.05) is 40.3 Å². The number of amides is 2. The lowest BCUT2D eigenvalue weighted by Gasteiger charge is -2.31. The van der Waals surface area contributed by atoms with Crippen LogP contribution >= 0.6 is 0 Å². The molecule has 0 atom stereocenters. The number of nitrogens with one attached hydrogen (secondary N) is 1. The van der Waals surface area contributed by atoms with Gasteiger partial charge in [0.2, 0.25) is 0 Å². The molecule has 0 bridgehead atoms. The first kappa shape index (κ1) is 14.3. The Hall–Kier alpha value is -0.770. The van der Waals surface area contributed by atoms with Crippen LogP contribution in [0, 0.1) is 5.41 Å². The Labute approximate surface area is 105 Å². The Bertz CT molecular complexity index is 245. The van der Waals surface area contributed by atoms with Gasteiger partial charge in [0.15, 0.2) is 0 Å². The second-order valence-electron chi connectivity index (χ2n) is 6.11. The average Bonchev–Trinajstić information content (AvgIpc) is 2.25. The van der Waals surface area contributed by atoms with Crippen molar-refractivity contribution in [2.24, 2.45) is 5.41 Å². The summed E-state index contributed by atoms with van der Waals surface area (Å²) in [5, 5.41) is 3.06. The fourth-order valence-electron chi connectivity index (χ4n) is 2.44. The van der Waals surface area contributed by atoms with Crippen LogP contribution in [0.4, 0.5) is 4.79 Å². The van der Waals surface area contributed by atoms with Crippen LogP contribution in [0.2, 0.25) is 0 Å². The predicted octanol–water partition coefficient (Wildman–Crippen LogP) is 1.77. The molecule has 0 aromatic carbocycles. The SMILES string of the molecule is CN(C)CC(C)(C)CNC(=O)N1CCCCC1. The fourth-order valence-corrected chi connectivity index (χ4v) is 2.44. The van der Waals surface area contributed by atoms with Crippen molar-refractivity contribution in [2.45, 2.75) is 33.1 Å². The Balaban J connectivity index is 2.31. The summed E-state index contributed by atoms with van der Waals surface area (Å²) in [4.78, 5) is 16.0. The molecule has 1 aliphatic heterocycles. The lowest BCUT2D eigenvalue weighted by Crippen LogP contribution is -2.47. The van der Waals surface area contributed by atoms with E-state index < -0.39 is 0 Å². The maximum atomic E-state index is 11.9. The van der Waals surface area contributed by atoms with Crippen molar-refractivity contribution >= 4 is 6.03 Å². The maximum Gasteiger partial charge on any atom is 0.317 e. The first-order chi connectivity index (χ1) is 7.91. The highest BCUT2D eigenvalue weighted by atomic mass is 16.2. The second kappa shape index (κ2) is 6.24. The van der Waals surface area contributed by atoms with Gasteiger partial charge in [0.1, 0.15) is 0 Å². The van der Waals surface area contributed by atoms with Gasteiger partial charge in [-0.1, -0.05) is 13.8 Å². The van der Waals surface area contributed by atoms with Gasteiger partial charge in [-0.15, -0.1) is 0 Å². The van der Waals surface area contributed by atoms with E-state index in [0.717, 1.165) is 39.0 Å². The first-order valence-electron chi connectivity index (χ1n) is 6.58. The van der Waals surface area contributed by atoms with Crippen molar-refractivity contribution < 1.29 is 4.79 Å². The molecule has 0 spiro atoms. The summed E-state index contributed by atoms with van der Waals surface area (Å²) in [5.74, 6) is 0. The van der Waals surface area contributed by atoms with E-state index in [1.165, 1.54) is 6.42 Å². The third-order valence-corrected chi connectivity index (χ3v) is 3.11. The molecule has 2 amide bonds. The zero-order chi connectivity index (χ0) is 12.9. The van der Waals surface area contributed by atoms with Crippen LogP contribution in [0.5, 0.6) is 0 Å². The van der Waals surface area contributed by atoms with E-state index in [2.05, 4.69) is 38.2 Å². The number of urea groups is 1. The smallest absolute Gasteiger partial charge is 0.317 e. The Kier molecular flexibility index (Phi) is 5.25. The van der Waals surface area contributed by atoms with Crippen molar-refractivity contribution in [3.63, 3.8) is 0 Å².